The van der Waals surface area contributed by atoms with Crippen LogP contribution in [0.3, 0.4) is 0 Å². The van der Waals surface area contributed by atoms with Gasteiger partial charge in [0.05, 0.1) is 4.50 Å². The highest BCUT2D eigenvalue weighted by Crippen LogP contribution is 2.50. The molecule has 1 radical (unpaired) electrons. The molecule has 2 bridgehead atoms. The Labute approximate surface area is 98.4 Å². The van der Waals surface area contributed by atoms with Gasteiger partial charge >= 0.3 is 9.28 Å². The lowest BCUT2D eigenvalue weighted by atomic mass is 9.90. The summed E-state index contributed by atoms with van der Waals surface area (Å²) in [7, 11) is 2.02. The Bertz CT molecular complexity index is 263. The third-order valence-corrected chi connectivity index (χ3v) is 6.40. The van der Waals surface area contributed by atoms with Crippen LogP contribution in [0.15, 0.2) is 12.2 Å². The van der Waals surface area contributed by atoms with Gasteiger partial charge in [-0.2, -0.15) is 0 Å². The second kappa shape index (κ2) is 4.21. The first-order valence-electron chi connectivity index (χ1n) is 5.42. The number of fused-ring (bicyclic) bond motifs is 2. The Morgan fingerprint density at radius 2 is 1.93 bits per heavy atom. The molecule has 0 aromatic rings. The molecule has 0 aromatic heterocycles. The number of allylic oxidation sites excluding steroid dienone is 2. The summed E-state index contributed by atoms with van der Waals surface area (Å²) in [6, 6.07) is 0. The average Bonchev–Trinajstić information content (AvgIpc) is 2.80. The van der Waals surface area contributed by atoms with Gasteiger partial charge in [0.25, 0.3) is 0 Å². The van der Waals surface area contributed by atoms with Crippen LogP contribution in [0.25, 0.3) is 0 Å². The van der Waals surface area contributed by atoms with Gasteiger partial charge in [0.2, 0.25) is 0 Å². The fraction of sp³-hybridized carbons (Fsp3) is 0.818. The van der Waals surface area contributed by atoms with Gasteiger partial charge in [-0.05, 0) is 37.5 Å². The van der Waals surface area contributed by atoms with Gasteiger partial charge in [0.1, 0.15) is 0 Å². The molecule has 15 heavy (non-hydrogen) atoms. The first kappa shape index (κ1) is 11.6. The maximum atomic E-state index is 6.66. The van der Waals surface area contributed by atoms with Crippen LogP contribution in [0.5, 0.6) is 0 Å². The monoisotopic (exact) mass is 245 g/mol. The topological polar surface area (TPSA) is 18.5 Å². The predicted molar refractivity (Wildman–Crippen MR) is 62.9 cm³/mol. The summed E-state index contributed by atoms with van der Waals surface area (Å²) in [5.41, 5.74) is 0. The molecular weight excluding hydrogens is 228 g/mol. The van der Waals surface area contributed by atoms with Crippen LogP contribution >= 0.6 is 11.6 Å². The van der Waals surface area contributed by atoms with Crippen molar-refractivity contribution in [1.29, 1.82) is 0 Å². The predicted octanol–water partition coefficient (Wildman–Crippen LogP) is 2.52. The van der Waals surface area contributed by atoms with Crippen LogP contribution in [0.2, 0.25) is 0 Å². The molecule has 4 unspecified atom stereocenters. The second-order valence-corrected chi connectivity index (χ2v) is 8.19. The summed E-state index contributed by atoms with van der Waals surface area (Å²) in [5, 5.41) is 0. The highest BCUT2D eigenvalue weighted by molar-refractivity contribution is 6.62. The van der Waals surface area contributed by atoms with E-state index in [-0.39, 0.29) is 4.50 Å². The highest BCUT2D eigenvalue weighted by atomic mass is 35.5. The maximum absolute atomic E-state index is 6.66. The van der Waals surface area contributed by atoms with Crippen LogP contribution in [-0.2, 0) is 8.85 Å². The molecule has 0 spiro atoms. The summed E-state index contributed by atoms with van der Waals surface area (Å²) in [6.07, 6.45) is 7.13. The van der Waals surface area contributed by atoms with Crippen molar-refractivity contribution in [3.05, 3.63) is 12.2 Å². The summed E-state index contributed by atoms with van der Waals surface area (Å²) in [6.45, 7) is 2.08. The number of rotatable bonds is 4. The zero-order valence-corrected chi connectivity index (χ0v) is 11.3. The Morgan fingerprint density at radius 3 is 2.33 bits per heavy atom. The van der Waals surface area contributed by atoms with E-state index < -0.39 is 9.28 Å². The molecule has 4 atom stereocenters. The average molecular weight is 246 g/mol. The quantitative estimate of drug-likeness (QED) is 0.431. The smallest absolute Gasteiger partial charge is 0.396 e. The minimum Gasteiger partial charge on any atom is -0.396 e. The molecule has 2 aliphatic rings. The number of hydrogen-bond donors (Lipinski definition) is 0. The number of alkyl halides is 1. The Hall–Kier alpha value is 0.167. The summed E-state index contributed by atoms with van der Waals surface area (Å²) < 4.78 is 10.5. The normalized spacial score (nSPS) is 37.5. The van der Waals surface area contributed by atoms with E-state index in [1.165, 1.54) is 12.8 Å². The molecule has 0 N–H and O–H groups in total. The molecule has 0 saturated heterocycles. The van der Waals surface area contributed by atoms with Crippen LogP contribution in [-0.4, -0.2) is 28.0 Å². The van der Waals surface area contributed by atoms with Crippen molar-refractivity contribution in [1.82, 2.24) is 0 Å². The van der Waals surface area contributed by atoms with Crippen molar-refractivity contribution >= 4 is 20.9 Å². The Balaban J connectivity index is 2.12. The third kappa shape index (κ3) is 1.91. The summed E-state index contributed by atoms with van der Waals surface area (Å²) in [4.78, 5) is 0. The van der Waals surface area contributed by atoms with E-state index in [0.29, 0.717) is 11.8 Å². The first-order chi connectivity index (χ1) is 7.09. The lowest BCUT2D eigenvalue weighted by Crippen LogP contribution is -2.49. The molecule has 85 valence electrons. The molecule has 2 rings (SSSR count). The number of hydrogen-bond acceptors (Lipinski definition) is 2. The van der Waals surface area contributed by atoms with E-state index in [1.807, 2.05) is 0 Å². The maximum Gasteiger partial charge on any atom is 0.407 e. The fourth-order valence-corrected chi connectivity index (χ4v) is 5.35. The summed E-state index contributed by atoms with van der Waals surface area (Å²) in [5.74, 6) is 1.90. The Morgan fingerprint density at radius 1 is 1.27 bits per heavy atom. The van der Waals surface area contributed by atoms with Gasteiger partial charge < -0.3 is 8.85 Å². The minimum absolute atomic E-state index is 0.321. The van der Waals surface area contributed by atoms with Gasteiger partial charge in [-0.15, -0.1) is 11.6 Å². The van der Waals surface area contributed by atoms with E-state index in [2.05, 4.69) is 19.1 Å². The molecule has 2 nitrogen and oxygen atoms in total. The van der Waals surface area contributed by atoms with Crippen LogP contribution in [0.4, 0.5) is 0 Å². The van der Waals surface area contributed by atoms with E-state index in [1.54, 1.807) is 14.2 Å². The van der Waals surface area contributed by atoms with Gasteiger partial charge in [0.15, 0.2) is 0 Å². The SMILES string of the molecule is CO[Si](OC)C(C)(Cl)C1CC2C=CC1C2. The minimum atomic E-state index is -1.37. The molecule has 0 aromatic carbocycles. The zero-order chi connectivity index (χ0) is 11.1. The second-order valence-electron chi connectivity index (χ2n) is 4.66. The Kier molecular flexibility index (Phi) is 3.27. The number of halogens is 1. The van der Waals surface area contributed by atoms with Crippen LogP contribution in [0.1, 0.15) is 19.8 Å². The molecule has 0 heterocycles. The molecule has 2 aliphatic carbocycles. The van der Waals surface area contributed by atoms with Crippen LogP contribution < -0.4 is 0 Å². The lowest BCUT2D eigenvalue weighted by Gasteiger charge is -2.35. The van der Waals surface area contributed by atoms with Crippen molar-refractivity contribution < 1.29 is 8.85 Å². The highest BCUT2D eigenvalue weighted by Gasteiger charge is 2.52. The molecule has 1 fully saturated rings. The van der Waals surface area contributed by atoms with E-state index in [9.17, 15) is 0 Å². The van der Waals surface area contributed by atoms with Gasteiger partial charge in [0, 0.05) is 14.2 Å². The van der Waals surface area contributed by atoms with Gasteiger partial charge in [-0.1, -0.05) is 12.2 Å². The van der Waals surface area contributed by atoms with Crippen molar-refractivity contribution in [2.24, 2.45) is 17.8 Å². The van der Waals surface area contributed by atoms with Crippen LogP contribution in [0, 0.1) is 17.8 Å². The summed E-state index contributed by atoms with van der Waals surface area (Å²) >= 11 is 6.66. The molecule has 0 aliphatic heterocycles. The molecular formula is C11H18ClO2Si. The van der Waals surface area contributed by atoms with E-state index in [0.717, 1.165) is 5.92 Å². The van der Waals surface area contributed by atoms with E-state index in [4.69, 9.17) is 20.5 Å². The lowest BCUT2D eigenvalue weighted by molar-refractivity contribution is 0.235. The molecule has 1 saturated carbocycles. The van der Waals surface area contributed by atoms with Crippen molar-refractivity contribution in [2.45, 2.75) is 24.3 Å². The van der Waals surface area contributed by atoms with Gasteiger partial charge in [-0.3, -0.25) is 0 Å². The van der Waals surface area contributed by atoms with Crippen molar-refractivity contribution in [2.75, 3.05) is 14.2 Å². The standard InChI is InChI=1S/C11H18ClO2Si/c1-11(12,15(13-2)14-3)10-7-8-4-5-9(10)6-8/h4-5,8-10H,6-7H2,1-3H3. The van der Waals surface area contributed by atoms with Gasteiger partial charge in [-0.25, -0.2) is 0 Å². The molecule has 0 amide bonds. The molecule has 4 heteroatoms. The fourth-order valence-electron chi connectivity index (χ4n) is 3.04. The van der Waals surface area contributed by atoms with Crippen molar-refractivity contribution in [3.8, 4) is 0 Å². The first-order valence-corrected chi connectivity index (χ1v) is 7.11. The van der Waals surface area contributed by atoms with Crippen molar-refractivity contribution in [3.63, 3.8) is 0 Å². The third-order valence-electron chi connectivity index (χ3n) is 3.75. The van der Waals surface area contributed by atoms with E-state index >= 15 is 0 Å². The largest absolute Gasteiger partial charge is 0.407 e. The zero-order valence-electron chi connectivity index (χ0n) is 9.50.